The molecule has 0 saturated carbocycles. The zero-order valence-corrected chi connectivity index (χ0v) is 7.58. The molecule has 0 aliphatic carbocycles. The molecular weight excluding hydrogens is 192 g/mol. The quantitative estimate of drug-likeness (QED) is 0.329. The summed E-state index contributed by atoms with van der Waals surface area (Å²) in [6.07, 6.45) is -0.122. The van der Waals surface area contributed by atoms with E-state index in [9.17, 15) is 9.59 Å². The lowest BCUT2D eigenvalue weighted by Crippen LogP contribution is -2.37. The predicted molar refractivity (Wildman–Crippen MR) is 45.6 cm³/mol. The summed E-state index contributed by atoms with van der Waals surface area (Å²) >= 11 is 0. The van der Waals surface area contributed by atoms with Gasteiger partial charge in [-0.05, 0) is 6.92 Å². The summed E-state index contributed by atoms with van der Waals surface area (Å²) in [5.41, 5.74) is 0. The van der Waals surface area contributed by atoms with Crippen LogP contribution in [0.1, 0.15) is 6.92 Å². The Hall–Kier alpha value is -1.40. The molecule has 0 spiro atoms. The van der Waals surface area contributed by atoms with Crippen LogP contribution in [0, 0.1) is 11.8 Å². The van der Waals surface area contributed by atoms with Gasteiger partial charge in [-0.25, -0.2) is 4.89 Å². The Labute approximate surface area is 80.4 Å². The van der Waals surface area contributed by atoms with E-state index in [0.29, 0.717) is 0 Å². The molecule has 80 valence electrons. The smallest absolute Gasteiger partial charge is 0.311 e. The maximum atomic E-state index is 10.7. The minimum Gasteiger partial charge on any atom is -0.481 e. The molecule has 0 bridgehead atoms. The molecule has 0 aromatic carbocycles. The van der Waals surface area contributed by atoms with Crippen molar-refractivity contribution in [2.45, 2.75) is 13.0 Å². The van der Waals surface area contributed by atoms with Crippen LogP contribution in [0.3, 0.4) is 0 Å². The zero-order valence-electron chi connectivity index (χ0n) is 7.58. The SMILES string of the molecule is C=CC(C(=O)O)C(C(=O)O)C(C)OO. The summed E-state index contributed by atoms with van der Waals surface area (Å²) in [5.74, 6) is -5.35. The number of carboxylic acids is 2. The van der Waals surface area contributed by atoms with Crippen LogP contribution in [-0.4, -0.2) is 33.5 Å². The second-order valence-corrected chi connectivity index (χ2v) is 2.77. The standard InChI is InChI=1S/C8H12O6/c1-3-5(7(9)10)6(8(11)12)4(2)14-13/h3-6,13H,1H2,2H3,(H,9,10)(H,11,12). The van der Waals surface area contributed by atoms with E-state index >= 15 is 0 Å². The lowest BCUT2D eigenvalue weighted by Gasteiger charge is -2.20. The van der Waals surface area contributed by atoms with Crippen molar-refractivity contribution in [3.63, 3.8) is 0 Å². The van der Waals surface area contributed by atoms with Gasteiger partial charge < -0.3 is 10.2 Å². The third-order valence-electron chi connectivity index (χ3n) is 1.88. The molecule has 0 aromatic rings. The van der Waals surface area contributed by atoms with E-state index < -0.39 is 29.9 Å². The highest BCUT2D eigenvalue weighted by atomic mass is 17.1. The van der Waals surface area contributed by atoms with Crippen molar-refractivity contribution in [3.8, 4) is 0 Å². The maximum Gasteiger partial charge on any atom is 0.311 e. The topological polar surface area (TPSA) is 104 Å². The van der Waals surface area contributed by atoms with Crippen LogP contribution < -0.4 is 0 Å². The Morgan fingerprint density at radius 2 is 1.86 bits per heavy atom. The Kier molecular flexibility index (Phi) is 4.82. The van der Waals surface area contributed by atoms with E-state index in [0.717, 1.165) is 6.08 Å². The summed E-state index contributed by atoms with van der Waals surface area (Å²) in [5, 5.41) is 25.7. The van der Waals surface area contributed by atoms with E-state index in [-0.39, 0.29) is 0 Å². The molecule has 0 aromatic heterocycles. The van der Waals surface area contributed by atoms with Crippen LogP contribution in [0.15, 0.2) is 12.7 Å². The zero-order chi connectivity index (χ0) is 11.3. The molecule has 0 amide bonds. The van der Waals surface area contributed by atoms with Crippen LogP contribution in [0.25, 0.3) is 0 Å². The van der Waals surface area contributed by atoms with Crippen molar-refractivity contribution in [2.24, 2.45) is 11.8 Å². The van der Waals surface area contributed by atoms with Crippen LogP contribution in [-0.2, 0) is 14.5 Å². The molecule has 6 heteroatoms. The summed E-state index contributed by atoms with van der Waals surface area (Å²) < 4.78 is 0. The van der Waals surface area contributed by atoms with Gasteiger partial charge in [0.15, 0.2) is 0 Å². The molecule has 0 aliphatic rings. The second kappa shape index (κ2) is 5.36. The molecule has 3 unspecified atom stereocenters. The maximum absolute atomic E-state index is 10.7. The molecule has 14 heavy (non-hydrogen) atoms. The largest absolute Gasteiger partial charge is 0.481 e. The highest BCUT2D eigenvalue weighted by Gasteiger charge is 2.36. The number of carbonyl (C=O) groups is 2. The molecule has 0 saturated heterocycles. The van der Waals surface area contributed by atoms with Crippen molar-refractivity contribution in [2.75, 3.05) is 0 Å². The Balaban J connectivity index is 4.87. The first-order chi connectivity index (χ1) is 6.45. The number of rotatable bonds is 6. The normalized spacial score (nSPS) is 16.7. The number of hydrogen-bond donors (Lipinski definition) is 3. The second-order valence-electron chi connectivity index (χ2n) is 2.77. The minimum absolute atomic E-state index is 0.997. The molecule has 6 nitrogen and oxygen atoms in total. The Bertz CT molecular complexity index is 236. The van der Waals surface area contributed by atoms with Crippen LogP contribution in [0.4, 0.5) is 0 Å². The first kappa shape index (κ1) is 12.6. The first-order valence-corrected chi connectivity index (χ1v) is 3.84. The fourth-order valence-corrected chi connectivity index (χ4v) is 1.11. The van der Waals surface area contributed by atoms with Gasteiger partial charge in [0.05, 0.1) is 5.92 Å². The van der Waals surface area contributed by atoms with Crippen molar-refractivity contribution in [1.82, 2.24) is 0 Å². The lowest BCUT2D eigenvalue weighted by atomic mass is 9.88. The van der Waals surface area contributed by atoms with Crippen molar-refractivity contribution < 1.29 is 29.9 Å². The fraction of sp³-hybridized carbons (Fsp3) is 0.500. The van der Waals surface area contributed by atoms with Crippen LogP contribution >= 0.6 is 0 Å². The summed E-state index contributed by atoms with van der Waals surface area (Å²) in [7, 11) is 0. The molecular formula is C8H12O6. The summed E-state index contributed by atoms with van der Waals surface area (Å²) in [6, 6.07) is 0. The van der Waals surface area contributed by atoms with Crippen molar-refractivity contribution in [1.29, 1.82) is 0 Å². The van der Waals surface area contributed by atoms with E-state index in [1.807, 2.05) is 0 Å². The molecule has 0 radical (unpaired) electrons. The summed E-state index contributed by atoms with van der Waals surface area (Å²) in [4.78, 5) is 25.1. The van der Waals surface area contributed by atoms with E-state index in [4.69, 9.17) is 15.5 Å². The van der Waals surface area contributed by atoms with Gasteiger partial charge >= 0.3 is 11.9 Å². The minimum atomic E-state index is -1.37. The monoisotopic (exact) mass is 204 g/mol. The molecule has 0 aliphatic heterocycles. The van der Waals surface area contributed by atoms with Gasteiger partial charge in [0.25, 0.3) is 0 Å². The predicted octanol–water partition coefficient (Wildman–Crippen LogP) is 0.452. The van der Waals surface area contributed by atoms with Gasteiger partial charge in [0.2, 0.25) is 0 Å². The third-order valence-corrected chi connectivity index (χ3v) is 1.88. The fourth-order valence-electron chi connectivity index (χ4n) is 1.11. The average molecular weight is 204 g/mol. The molecule has 3 N–H and O–H groups in total. The van der Waals surface area contributed by atoms with Gasteiger partial charge in [0.1, 0.15) is 12.0 Å². The van der Waals surface area contributed by atoms with Crippen LogP contribution in [0.5, 0.6) is 0 Å². The van der Waals surface area contributed by atoms with E-state index in [1.54, 1.807) is 0 Å². The Morgan fingerprint density at radius 3 is 2.07 bits per heavy atom. The number of hydrogen-bond acceptors (Lipinski definition) is 4. The van der Waals surface area contributed by atoms with Gasteiger partial charge in [-0.15, -0.1) is 6.58 Å². The van der Waals surface area contributed by atoms with Crippen molar-refractivity contribution >= 4 is 11.9 Å². The highest BCUT2D eigenvalue weighted by molar-refractivity contribution is 5.81. The molecule has 3 atom stereocenters. The average Bonchev–Trinajstić information content (AvgIpc) is 2.11. The van der Waals surface area contributed by atoms with Gasteiger partial charge in [-0.2, -0.15) is 0 Å². The van der Waals surface area contributed by atoms with E-state index in [2.05, 4.69) is 11.5 Å². The number of aliphatic carboxylic acids is 2. The van der Waals surface area contributed by atoms with E-state index in [1.165, 1.54) is 6.92 Å². The first-order valence-electron chi connectivity index (χ1n) is 3.84. The van der Waals surface area contributed by atoms with Gasteiger partial charge in [-0.3, -0.25) is 14.8 Å². The molecule has 0 heterocycles. The van der Waals surface area contributed by atoms with Gasteiger partial charge in [-0.1, -0.05) is 6.08 Å². The molecule has 0 rings (SSSR count). The third kappa shape index (κ3) is 2.82. The number of carboxylic acid groups (broad SMARTS) is 2. The summed E-state index contributed by atoms with van der Waals surface area (Å²) in [6.45, 7) is 4.48. The van der Waals surface area contributed by atoms with Crippen molar-refractivity contribution in [3.05, 3.63) is 12.7 Å². The molecule has 0 fully saturated rings. The highest BCUT2D eigenvalue weighted by Crippen LogP contribution is 2.20. The van der Waals surface area contributed by atoms with Gasteiger partial charge in [0, 0.05) is 0 Å². The Morgan fingerprint density at radius 1 is 1.36 bits per heavy atom. The van der Waals surface area contributed by atoms with Crippen LogP contribution in [0.2, 0.25) is 0 Å². The lowest BCUT2D eigenvalue weighted by molar-refractivity contribution is -0.286.